The predicted octanol–water partition coefficient (Wildman–Crippen LogP) is 3.67. The molecule has 0 unspecified atom stereocenters. The van der Waals surface area contributed by atoms with Crippen LogP contribution in [0.2, 0.25) is 0 Å². The summed E-state index contributed by atoms with van der Waals surface area (Å²) in [7, 11) is 2.88. The van der Waals surface area contributed by atoms with E-state index in [4.69, 9.17) is 9.47 Å². The third-order valence-corrected chi connectivity index (χ3v) is 4.77. The van der Waals surface area contributed by atoms with Gasteiger partial charge in [0.2, 0.25) is 17.7 Å². The van der Waals surface area contributed by atoms with Crippen LogP contribution >= 0.6 is 0 Å². The highest BCUT2D eigenvalue weighted by molar-refractivity contribution is 5.99. The van der Waals surface area contributed by atoms with Crippen LogP contribution in [0.25, 0.3) is 11.0 Å². The van der Waals surface area contributed by atoms with Crippen molar-refractivity contribution in [1.29, 1.82) is 0 Å². The van der Waals surface area contributed by atoms with Gasteiger partial charge in [0.15, 0.2) is 17.3 Å². The second-order valence-electron chi connectivity index (χ2n) is 7.12. The molecule has 4 aromatic rings. The van der Waals surface area contributed by atoms with Crippen molar-refractivity contribution in [3.05, 3.63) is 77.4 Å². The first-order valence-electron chi connectivity index (χ1n) is 10.0. The number of rotatable bonds is 7. The Kier molecular flexibility index (Phi) is 6.36. The highest BCUT2D eigenvalue weighted by Crippen LogP contribution is 2.28. The molecule has 0 fully saturated rings. The maximum absolute atomic E-state index is 14.0. The lowest BCUT2D eigenvalue weighted by atomic mass is 10.3. The van der Waals surface area contributed by atoms with E-state index in [1.807, 2.05) is 0 Å². The second-order valence-corrected chi connectivity index (χ2v) is 7.12. The SMILES string of the molecule is C=CC(=O)Nc1cnc(OC)c(Nc2ncc3cc(Oc4ccc(F)cc4F)c(=O)n(C)c3n2)c1. The molecule has 0 saturated carbocycles. The lowest BCUT2D eigenvalue weighted by molar-refractivity contribution is -0.111. The average Bonchev–Trinajstić information content (AvgIpc) is 2.84. The number of nitrogens with one attached hydrogen (secondary N) is 2. The highest BCUT2D eigenvalue weighted by Gasteiger charge is 2.15. The first-order valence-corrected chi connectivity index (χ1v) is 10.0. The van der Waals surface area contributed by atoms with Gasteiger partial charge in [-0.1, -0.05) is 6.58 Å². The number of anilines is 3. The Labute approximate surface area is 196 Å². The molecule has 12 heteroatoms. The molecule has 0 aliphatic heterocycles. The van der Waals surface area contributed by atoms with Crippen molar-refractivity contribution in [3.63, 3.8) is 0 Å². The summed E-state index contributed by atoms with van der Waals surface area (Å²) in [6.45, 7) is 3.40. The molecule has 4 rings (SSSR count). The van der Waals surface area contributed by atoms with Crippen molar-refractivity contribution in [3.8, 4) is 17.4 Å². The van der Waals surface area contributed by atoms with Gasteiger partial charge in [0.1, 0.15) is 17.2 Å². The number of hydrogen-bond acceptors (Lipinski definition) is 8. The van der Waals surface area contributed by atoms with Crippen LogP contribution in [0.1, 0.15) is 0 Å². The van der Waals surface area contributed by atoms with Gasteiger partial charge in [-0.05, 0) is 30.3 Å². The van der Waals surface area contributed by atoms with Crippen molar-refractivity contribution >= 4 is 34.3 Å². The van der Waals surface area contributed by atoms with Crippen LogP contribution in [-0.2, 0) is 11.8 Å². The molecule has 1 aromatic carbocycles. The third-order valence-electron chi connectivity index (χ3n) is 4.77. The normalized spacial score (nSPS) is 10.6. The van der Waals surface area contributed by atoms with Crippen LogP contribution in [0.3, 0.4) is 0 Å². The molecule has 3 aromatic heterocycles. The lowest BCUT2D eigenvalue weighted by Crippen LogP contribution is -2.19. The number of pyridine rings is 2. The van der Waals surface area contributed by atoms with Gasteiger partial charge in [-0.25, -0.2) is 18.7 Å². The zero-order valence-electron chi connectivity index (χ0n) is 18.5. The summed E-state index contributed by atoms with van der Waals surface area (Å²) in [6, 6.07) is 5.69. The van der Waals surface area contributed by atoms with E-state index in [-0.39, 0.29) is 29.0 Å². The number of benzene rings is 1. The summed E-state index contributed by atoms with van der Waals surface area (Å²) in [6.07, 6.45) is 3.95. The fourth-order valence-electron chi connectivity index (χ4n) is 3.11. The van der Waals surface area contributed by atoms with Crippen molar-refractivity contribution in [2.75, 3.05) is 17.7 Å². The summed E-state index contributed by atoms with van der Waals surface area (Å²) in [4.78, 5) is 37.1. The smallest absolute Gasteiger partial charge is 0.294 e. The van der Waals surface area contributed by atoms with Gasteiger partial charge in [0, 0.05) is 24.7 Å². The number of carbonyl (C=O) groups excluding carboxylic acids is 1. The maximum Gasteiger partial charge on any atom is 0.294 e. The van der Waals surface area contributed by atoms with E-state index in [9.17, 15) is 18.4 Å². The summed E-state index contributed by atoms with van der Waals surface area (Å²) in [5, 5.41) is 5.95. The summed E-state index contributed by atoms with van der Waals surface area (Å²) < 4.78 is 38.9. The lowest BCUT2D eigenvalue weighted by Gasteiger charge is -2.13. The molecule has 0 aliphatic rings. The number of carbonyl (C=O) groups is 1. The standard InChI is InChI=1S/C23H18F2N6O4/c1-4-19(32)28-14-9-16(21(34-3)26-11-14)29-23-27-10-12-7-18(22(33)31(2)20(12)30-23)35-17-6-5-13(24)8-15(17)25/h4-11H,1H2,2-3H3,(H,28,32)(H,27,29,30). The first kappa shape index (κ1) is 23.3. The number of methoxy groups -OCH3 is 1. The molecular weight excluding hydrogens is 462 g/mol. The summed E-state index contributed by atoms with van der Waals surface area (Å²) >= 11 is 0. The minimum atomic E-state index is -0.947. The Hall–Kier alpha value is -4.87. The zero-order valence-corrected chi connectivity index (χ0v) is 18.5. The van der Waals surface area contributed by atoms with Crippen molar-refractivity contribution in [1.82, 2.24) is 19.5 Å². The van der Waals surface area contributed by atoms with Gasteiger partial charge in [0.05, 0.1) is 19.0 Å². The monoisotopic (exact) mass is 480 g/mol. The molecule has 10 nitrogen and oxygen atoms in total. The van der Waals surface area contributed by atoms with Crippen LogP contribution in [-0.4, -0.2) is 32.5 Å². The van der Waals surface area contributed by atoms with E-state index < -0.39 is 23.1 Å². The molecule has 0 bridgehead atoms. The quantitative estimate of drug-likeness (QED) is 0.385. The molecule has 0 spiro atoms. The Balaban J connectivity index is 1.68. The Morgan fingerprint density at radius 3 is 2.66 bits per heavy atom. The molecular formula is C23H18F2N6O4. The maximum atomic E-state index is 14.0. The highest BCUT2D eigenvalue weighted by atomic mass is 19.1. The molecule has 35 heavy (non-hydrogen) atoms. The second kappa shape index (κ2) is 9.55. The predicted molar refractivity (Wildman–Crippen MR) is 124 cm³/mol. The van der Waals surface area contributed by atoms with Gasteiger partial charge in [0.25, 0.3) is 5.56 Å². The molecule has 2 N–H and O–H groups in total. The zero-order chi connectivity index (χ0) is 25.1. The number of nitrogens with zero attached hydrogens (tertiary/aromatic N) is 4. The molecule has 0 saturated heterocycles. The largest absolute Gasteiger partial charge is 0.480 e. The number of hydrogen-bond donors (Lipinski definition) is 2. The van der Waals surface area contributed by atoms with Crippen LogP contribution < -0.4 is 25.7 Å². The Morgan fingerprint density at radius 2 is 1.94 bits per heavy atom. The topological polar surface area (TPSA) is 120 Å². The molecule has 3 heterocycles. The molecule has 178 valence electrons. The molecule has 0 atom stereocenters. The number of halogens is 2. The van der Waals surface area contributed by atoms with Crippen LogP contribution in [0, 0.1) is 11.6 Å². The number of aryl methyl sites for hydroxylation is 1. The summed E-state index contributed by atoms with van der Waals surface area (Å²) in [5.74, 6) is -2.30. The fraction of sp³-hybridized carbons (Fsp3) is 0.0870. The van der Waals surface area contributed by atoms with E-state index >= 15 is 0 Å². The van der Waals surface area contributed by atoms with E-state index in [1.54, 1.807) is 6.07 Å². The van der Waals surface area contributed by atoms with Crippen LogP contribution in [0.5, 0.6) is 17.4 Å². The van der Waals surface area contributed by atoms with Gasteiger partial charge >= 0.3 is 0 Å². The first-order chi connectivity index (χ1) is 16.8. The summed E-state index contributed by atoms with van der Waals surface area (Å²) in [5.41, 5.74) is 0.383. The van der Waals surface area contributed by atoms with Crippen molar-refractivity contribution in [2.45, 2.75) is 0 Å². The van der Waals surface area contributed by atoms with E-state index in [0.717, 1.165) is 18.2 Å². The van der Waals surface area contributed by atoms with E-state index in [2.05, 4.69) is 32.2 Å². The van der Waals surface area contributed by atoms with Gasteiger partial charge in [-0.2, -0.15) is 4.98 Å². The van der Waals surface area contributed by atoms with Gasteiger partial charge < -0.3 is 20.1 Å². The van der Waals surface area contributed by atoms with Crippen LogP contribution in [0.15, 0.2) is 60.2 Å². The number of aromatic nitrogens is 4. The van der Waals surface area contributed by atoms with Crippen molar-refractivity contribution < 1.29 is 23.0 Å². The van der Waals surface area contributed by atoms with E-state index in [1.165, 1.54) is 37.2 Å². The van der Waals surface area contributed by atoms with Crippen LogP contribution in [0.4, 0.5) is 26.1 Å². The number of fused-ring (bicyclic) bond motifs is 1. The molecule has 0 aliphatic carbocycles. The number of ether oxygens (including phenoxy) is 2. The van der Waals surface area contributed by atoms with E-state index in [0.29, 0.717) is 22.8 Å². The minimum absolute atomic E-state index is 0.109. The van der Waals surface area contributed by atoms with Gasteiger partial charge in [-0.3, -0.25) is 14.2 Å². The van der Waals surface area contributed by atoms with Crippen molar-refractivity contribution in [2.24, 2.45) is 7.05 Å². The van der Waals surface area contributed by atoms with Gasteiger partial charge in [-0.15, -0.1) is 0 Å². The molecule has 1 amide bonds. The average molecular weight is 480 g/mol. The Morgan fingerprint density at radius 1 is 1.14 bits per heavy atom. The third kappa shape index (κ3) is 4.90. The number of amides is 1. The minimum Gasteiger partial charge on any atom is -0.480 e. The molecule has 0 radical (unpaired) electrons. The fourth-order valence-corrected chi connectivity index (χ4v) is 3.11. The Bertz CT molecular complexity index is 1520.